The van der Waals surface area contributed by atoms with E-state index in [1.807, 2.05) is 29.7 Å². The van der Waals surface area contributed by atoms with Gasteiger partial charge in [0.05, 0.1) is 0 Å². The van der Waals surface area contributed by atoms with Gasteiger partial charge in [-0.05, 0) is 19.8 Å². The van der Waals surface area contributed by atoms with Crippen molar-refractivity contribution in [3.8, 4) is 0 Å². The maximum atomic E-state index is 13.0. The Morgan fingerprint density at radius 1 is 1.30 bits per heavy atom. The minimum atomic E-state index is -0.0905. The van der Waals surface area contributed by atoms with Gasteiger partial charge in [0.1, 0.15) is 18.2 Å². The number of aromatic nitrogens is 4. The lowest BCUT2D eigenvalue weighted by molar-refractivity contribution is -0.132. The summed E-state index contributed by atoms with van der Waals surface area (Å²) in [5, 5.41) is 4.28. The van der Waals surface area contributed by atoms with Gasteiger partial charge in [-0.2, -0.15) is 26.4 Å². The van der Waals surface area contributed by atoms with Gasteiger partial charge in [-0.25, -0.2) is 4.98 Å². The molecule has 2 aromatic rings. The molecule has 0 spiro atoms. The molecule has 0 N–H and O–H groups in total. The van der Waals surface area contributed by atoms with Crippen LogP contribution in [0.1, 0.15) is 18.5 Å². The molecule has 2 saturated heterocycles. The fourth-order valence-corrected chi connectivity index (χ4v) is 4.31. The van der Waals surface area contributed by atoms with E-state index in [0.717, 1.165) is 55.5 Å². The van der Waals surface area contributed by atoms with Crippen LogP contribution in [-0.2, 0) is 4.79 Å². The van der Waals surface area contributed by atoms with Crippen molar-refractivity contribution in [3.05, 3.63) is 18.1 Å². The maximum absolute atomic E-state index is 13.0. The molecule has 0 aromatic carbocycles. The summed E-state index contributed by atoms with van der Waals surface area (Å²) in [6, 6.07) is 1.91. The molecular formula is C15H20N6OS. The van der Waals surface area contributed by atoms with Crippen LogP contribution < -0.4 is 4.90 Å². The zero-order chi connectivity index (χ0) is 15.8. The van der Waals surface area contributed by atoms with Crippen LogP contribution in [0.3, 0.4) is 0 Å². The van der Waals surface area contributed by atoms with Gasteiger partial charge in [0.2, 0.25) is 5.91 Å². The number of hydrogen-bond donors (Lipinski definition) is 0. The van der Waals surface area contributed by atoms with Gasteiger partial charge in [-0.15, -0.1) is 0 Å². The highest BCUT2D eigenvalue weighted by molar-refractivity contribution is 7.99. The van der Waals surface area contributed by atoms with Crippen LogP contribution in [0.5, 0.6) is 0 Å². The standard InChI is InChI=1S/C15H20N6OS/c1-11-9-13(21-15(18-11)16-10-17-21)20-4-2-3-12(20)14(22)19-5-7-23-8-6-19/h9-10,12H,2-8H2,1H3/t12-/m0/s1. The molecule has 0 unspecified atom stereocenters. The number of amides is 1. The van der Waals surface area contributed by atoms with Gasteiger partial charge in [-0.1, -0.05) is 0 Å². The molecular weight excluding hydrogens is 312 g/mol. The fraction of sp³-hybridized carbons (Fsp3) is 0.600. The number of thioether (sulfide) groups is 1. The summed E-state index contributed by atoms with van der Waals surface area (Å²) in [6.07, 6.45) is 3.44. The molecule has 0 saturated carbocycles. The third-order valence-corrected chi connectivity index (χ3v) is 5.46. The number of carbonyl (C=O) groups is 1. The highest BCUT2D eigenvalue weighted by Gasteiger charge is 2.35. The number of rotatable bonds is 2. The number of aryl methyl sites for hydroxylation is 1. The highest BCUT2D eigenvalue weighted by Crippen LogP contribution is 2.27. The van der Waals surface area contributed by atoms with E-state index in [9.17, 15) is 4.79 Å². The summed E-state index contributed by atoms with van der Waals surface area (Å²) >= 11 is 1.92. The van der Waals surface area contributed by atoms with Crippen molar-refractivity contribution in [2.45, 2.75) is 25.8 Å². The number of carbonyl (C=O) groups excluding carboxylic acids is 1. The molecule has 122 valence electrons. The number of hydrogen-bond acceptors (Lipinski definition) is 6. The first-order chi connectivity index (χ1) is 11.2. The Hall–Kier alpha value is -1.83. The monoisotopic (exact) mass is 332 g/mol. The van der Waals surface area contributed by atoms with Crippen molar-refractivity contribution in [2.24, 2.45) is 0 Å². The Kier molecular flexibility index (Phi) is 3.84. The molecule has 23 heavy (non-hydrogen) atoms. The molecule has 0 aliphatic carbocycles. The van der Waals surface area contributed by atoms with Gasteiger partial charge < -0.3 is 9.80 Å². The van der Waals surface area contributed by atoms with E-state index in [0.29, 0.717) is 5.78 Å². The molecule has 1 atom stereocenters. The molecule has 4 rings (SSSR count). The summed E-state index contributed by atoms with van der Waals surface area (Å²) in [7, 11) is 0. The summed E-state index contributed by atoms with van der Waals surface area (Å²) in [5.41, 5.74) is 0.896. The van der Waals surface area contributed by atoms with Crippen LogP contribution in [0.25, 0.3) is 5.78 Å². The van der Waals surface area contributed by atoms with E-state index in [4.69, 9.17) is 0 Å². The van der Waals surface area contributed by atoms with E-state index < -0.39 is 0 Å². The second kappa shape index (κ2) is 5.99. The van der Waals surface area contributed by atoms with Gasteiger partial charge >= 0.3 is 0 Å². The SMILES string of the molecule is Cc1cc(N2CCC[C@H]2C(=O)N2CCSCC2)n2ncnc2n1. The lowest BCUT2D eigenvalue weighted by Gasteiger charge is -2.33. The van der Waals surface area contributed by atoms with E-state index in [2.05, 4.69) is 20.0 Å². The van der Waals surface area contributed by atoms with Crippen LogP contribution in [0.4, 0.5) is 5.82 Å². The van der Waals surface area contributed by atoms with Crippen molar-refractivity contribution >= 4 is 29.3 Å². The largest absolute Gasteiger partial charge is 0.344 e. The Labute approximate surface area is 139 Å². The van der Waals surface area contributed by atoms with E-state index in [1.54, 1.807) is 4.52 Å². The van der Waals surface area contributed by atoms with Crippen LogP contribution in [0.15, 0.2) is 12.4 Å². The van der Waals surface area contributed by atoms with Crippen molar-refractivity contribution in [1.82, 2.24) is 24.5 Å². The summed E-state index contributed by atoms with van der Waals surface area (Å²) in [4.78, 5) is 25.7. The van der Waals surface area contributed by atoms with Crippen molar-refractivity contribution in [1.29, 1.82) is 0 Å². The summed E-state index contributed by atoms with van der Waals surface area (Å²) < 4.78 is 1.74. The summed E-state index contributed by atoms with van der Waals surface area (Å²) in [5.74, 6) is 3.85. The van der Waals surface area contributed by atoms with Gasteiger partial charge in [0.25, 0.3) is 5.78 Å². The summed E-state index contributed by atoms with van der Waals surface area (Å²) in [6.45, 7) is 4.55. The average molecular weight is 332 g/mol. The van der Waals surface area contributed by atoms with E-state index in [-0.39, 0.29) is 11.9 Å². The van der Waals surface area contributed by atoms with Gasteiger partial charge in [0, 0.05) is 42.9 Å². The molecule has 0 radical (unpaired) electrons. The third kappa shape index (κ3) is 2.65. The minimum Gasteiger partial charge on any atom is -0.344 e. The molecule has 4 heterocycles. The van der Waals surface area contributed by atoms with Crippen molar-refractivity contribution in [2.75, 3.05) is 36.0 Å². The second-order valence-corrected chi connectivity index (χ2v) is 7.24. The topological polar surface area (TPSA) is 66.6 Å². The molecule has 0 bridgehead atoms. The zero-order valence-corrected chi connectivity index (χ0v) is 14.0. The predicted molar refractivity (Wildman–Crippen MR) is 89.8 cm³/mol. The first-order valence-electron chi connectivity index (χ1n) is 8.04. The van der Waals surface area contributed by atoms with Crippen molar-refractivity contribution in [3.63, 3.8) is 0 Å². The lowest BCUT2D eigenvalue weighted by atomic mass is 10.2. The fourth-order valence-electron chi connectivity index (χ4n) is 3.41. The predicted octanol–water partition coefficient (Wildman–Crippen LogP) is 0.977. The smallest absolute Gasteiger partial charge is 0.254 e. The van der Waals surface area contributed by atoms with Crippen LogP contribution in [-0.4, -0.2) is 67.6 Å². The molecule has 7 nitrogen and oxygen atoms in total. The lowest BCUT2D eigenvalue weighted by Crippen LogP contribution is -2.49. The second-order valence-electron chi connectivity index (χ2n) is 6.02. The minimum absolute atomic E-state index is 0.0905. The Morgan fingerprint density at radius 2 is 2.13 bits per heavy atom. The Bertz CT molecular complexity index is 726. The maximum Gasteiger partial charge on any atom is 0.254 e. The molecule has 2 fully saturated rings. The molecule has 2 aliphatic heterocycles. The van der Waals surface area contributed by atoms with Crippen molar-refractivity contribution < 1.29 is 4.79 Å². The third-order valence-electron chi connectivity index (χ3n) is 4.52. The highest BCUT2D eigenvalue weighted by atomic mass is 32.2. The molecule has 2 aliphatic rings. The average Bonchev–Trinajstić information content (AvgIpc) is 3.23. The number of anilines is 1. The van der Waals surface area contributed by atoms with Gasteiger partial charge in [-0.3, -0.25) is 4.79 Å². The van der Waals surface area contributed by atoms with E-state index in [1.165, 1.54) is 6.33 Å². The zero-order valence-electron chi connectivity index (χ0n) is 13.2. The van der Waals surface area contributed by atoms with Gasteiger partial charge in [0.15, 0.2) is 0 Å². The quantitative estimate of drug-likeness (QED) is 0.817. The first-order valence-corrected chi connectivity index (χ1v) is 9.20. The normalized spacial score (nSPS) is 22.0. The Balaban J connectivity index is 1.66. The van der Waals surface area contributed by atoms with Crippen LogP contribution in [0, 0.1) is 6.92 Å². The van der Waals surface area contributed by atoms with Crippen LogP contribution >= 0.6 is 11.8 Å². The van der Waals surface area contributed by atoms with Crippen LogP contribution in [0.2, 0.25) is 0 Å². The Morgan fingerprint density at radius 3 is 2.96 bits per heavy atom. The van der Waals surface area contributed by atoms with E-state index >= 15 is 0 Å². The number of nitrogens with zero attached hydrogens (tertiary/aromatic N) is 6. The molecule has 8 heteroatoms. The first kappa shape index (κ1) is 14.7. The molecule has 2 aromatic heterocycles. The number of fused-ring (bicyclic) bond motifs is 1. The molecule has 1 amide bonds.